The lowest BCUT2D eigenvalue weighted by atomic mass is 9.89. The predicted octanol–water partition coefficient (Wildman–Crippen LogP) is 2.49. The molecule has 1 aromatic carbocycles. The molecule has 0 radical (unpaired) electrons. The lowest BCUT2D eigenvalue weighted by molar-refractivity contribution is -0.116. The first kappa shape index (κ1) is 16.6. The smallest absolute Gasteiger partial charge is 0.255 e. The van der Waals surface area contributed by atoms with Crippen LogP contribution in [-0.4, -0.2) is 48.4 Å². The maximum atomic E-state index is 12.9. The van der Waals surface area contributed by atoms with Crippen LogP contribution in [-0.2, 0) is 4.79 Å². The van der Waals surface area contributed by atoms with Gasteiger partial charge < -0.3 is 15.1 Å². The minimum absolute atomic E-state index is 0.0155. The highest BCUT2D eigenvalue weighted by Gasteiger charge is 2.27. The summed E-state index contributed by atoms with van der Waals surface area (Å²) in [7, 11) is 1.71. The average Bonchev–Trinajstić information content (AvgIpc) is 2.71. The van der Waals surface area contributed by atoms with Crippen LogP contribution in [0.5, 0.6) is 0 Å². The molecule has 2 amide bonds. The van der Waals surface area contributed by atoms with Crippen molar-refractivity contribution in [3.05, 3.63) is 53.7 Å². The zero-order valence-electron chi connectivity index (χ0n) is 14.8. The van der Waals surface area contributed by atoms with Crippen molar-refractivity contribution in [2.24, 2.45) is 0 Å². The molecule has 2 aliphatic heterocycles. The normalized spacial score (nSPS) is 17.7. The monoisotopic (exact) mass is 350 g/mol. The van der Waals surface area contributed by atoms with E-state index in [-0.39, 0.29) is 18.4 Å². The molecular formula is C20H22N4O2. The molecule has 0 saturated carbocycles. The molecule has 26 heavy (non-hydrogen) atoms. The van der Waals surface area contributed by atoms with Gasteiger partial charge in [0.2, 0.25) is 5.91 Å². The molecule has 2 aromatic rings. The molecule has 0 atom stereocenters. The summed E-state index contributed by atoms with van der Waals surface area (Å²) in [4.78, 5) is 32.5. The second-order valence-corrected chi connectivity index (χ2v) is 6.88. The van der Waals surface area contributed by atoms with Gasteiger partial charge in [-0.25, -0.2) is 4.98 Å². The van der Waals surface area contributed by atoms with E-state index >= 15 is 0 Å². The Labute approximate surface area is 152 Å². The zero-order chi connectivity index (χ0) is 18.1. The minimum atomic E-state index is -0.0347. The van der Waals surface area contributed by atoms with Gasteiger partial charge in [-0.1, -0.05) is 30.3 Å². The average molecular weight is 350 g/mol. The Hall–Kier alpha value is -2.89. The molecule has 3 heterocycles. The molecule has 1 fully saturated rings. The van der Waals surface area contributed by atoms with Crippen molar-refractivity contribution in [2.45, 2.75) is 18.8 Å². The zero-order valence-corrected chi connectivity index (χ0v) is 14.8. The van der Waals surface area contributed by atoms with Gasteiger partial charge in [-0.2, -0.15) is 0 Å². The number of anilines is 2. The van der Waals surface area contributed by atoms with Crippen LogP contribution in [0.25, 0.3) is 0 Å². The molecule has 0 unspecified atom stereocenters. The summed E-state index contributed by atoms with van der Waals surface area (Å²) >= 11 is 0. The third kappa shape index (κ3) is 3.03. The number of hydrogen-bond donors (Lipinski definition) is 1. The van der Waals surface area contributed by atoms with E-state index in [1.54, 1.807) is 24.2 Å². The highest BCUT2D eigenvalue weighted by molar-refractivity contribution is 6.03. The van der Waals surface area contributed by atoms with Crippen LogP contribution >= 0.6 is 0 Å². The van der Waals surface area contributed by atoms with Crippen LogP contribution in [0.2, 0.25) is 0 Å². The Balaban J connectivity index is 1.47. The number of piperidine rings is 1. The fraction of sp³-hybridized carbons (Fsp3) is 0.350. The number of likely N-dealkylation sites (tertiary alicyclic amines) is 1. The van der Waals surface area contributed by atoms with Crippen molar-refractivity contribution in [3.63, 3.8) is 0 Å². The number of fused-ring (bicyclic) bond motifs is 1. The molecule has 0 aliphatic carbocycles. The number of likely N-dealkylation sites (N-methyl/N-ethyl adjacent to an activating group) is 1. The van der Waals surface area contributed by atoms with E-state index < -0.39 is 0 Å². The Morgan fingerprint density at radius 1 is 1.19 bits per heavy atom. The highest BCUT2D eigenvalue weighted by Crippen LogP contribution is 2.30. The third-order valence-electron chi connectivity index (χ3n) is 5.31. The number of aromatic nitrogens is 1. The summed E-state index contributed by atoms with van der Waals surface area (Å²) in [6, 6.07) is 12.2. The van der Waals surface area contributed by atoms with Crippen LogP contribution in [0.3, 0.4) is 0 Å². The number of carbonyl (C=O) groups excluding carboxylic acids is 2. The third-order valence-corrected chi connectivity index (χ3v) is 5.31. The summed E-state index contributed by atoms with van der Waals surface area (Å²) < 4.78 is 0. The van der Waals surface area contributed by atoms with Gasteiger partial charge in [0.25, 0.3) is 5.91 Å². The van der Waals surface area contributed by atoms with Crippen molar-refractivity contribution in [1.29, 1.82) is 0 Å². The quantitative estimate of drug-likeness (QED) is 0.904. The molecule has 4 rings (SSSR count). The summed E-state index contributed by atoms with van der Waals surface area (Å²) in [6.07, 6.45) is 3.53. The summed E-state index contributed by atoms with van der Waals surface area (Å²) in [5, 5.41) is 2.99. The lowest BCUT2D eigenvalue weighted by Crippen LogP contribution is -2.39. The first-order valence-corrected chi connectivity index (χ1v) is 8.98. The van der Waals surface area contributed by atoms with Gasteiger partial charge in [-0.15, -0.1) is 0 Å². The van der Waals surface area contributed by atoms with Crippen LogP contribution < -0.4 is 10.2 Å². The van der Waals surface area contributed by atoms with E-state index in [9.17, 15) is 9.59 Å². The standard InChI is InChI=1S/C20H22N4O2/c1-23-17-11-16(12-21-19(17)22-13-18(23)25)20(26)24-9-7-15(8-10-24)14-5-3-2-4-6-14/h2-6,11-12,15H,7-10,13H2,1H3,(H,21,22). The first-order valence-electron chi connectivity index (χ1n) is 8.98. The maximum absolute atomic E-state index is 12.9. The van der Waals surface area contributed by atoms with Crippen molar-refractivity contribution in [3.8, 4) is 0 Å². The fourth-order valence-electron chi connectivity index (χ4n) is 3.70. The summed E-state index contributed by atoms with van der Waals surface area (Å²) in [6.45, 7) is 1.71. The number of rotatable bonds is 2. The van der Waals surface area contributed by atoms with Crippen LogP contribution in [0.15, 0.2) is 42.6 Å². The second-order valence-electron chi connectivity index (χ2n) is 6.88. The van der Waals surface area contributed by atoms with Crippen molar-refractivity contribution < 1.29 is 9.59 Å². The SMILES string of the molecule is CN1C(=O)CNc2ncc(C(=O)N3CCC(c4ccccc4)CC3)cc21. The molecule has 2 aliphatic rings. The Morgan fingerprint density at radius 3 is 2.65 bits per heavy atom. The summed E-state index contributed by atoms with van der Waals surface area (Å²) in [5.41, 5.74) is 2.54. The van der Waals surface area contributed by atoms with Gasteiger partial charge in [-0.3, -0.25) is 9.59 Å². The Kier molecular flexibility index (Phi) is 4.32. The molecule has 1 aromatic heterocycles. The van der Waals surface area contributed by atoms with E-state index in [1.165, 1.54) is 5.56 Å². The summed E-state index contributed by atoms with van der Waals surface area (Å²) in [5.74, 6) is 1.10. The Morgan fingerprint density at radius 2 is 1.92 bits per heavy atom. The lowest BCUT2D eigenvalue weighted by Gasteiger charge is -2.33. The van der Waals surface area contributed by atoms with Gasteiger partial charge in [0.1, 0.15) is 5.82 Å². The van der Waals surface area contributed by atoms with Gasteiger partial charge in [0, 0.05) is 26.3 Å². The molecule has 0 spiro atoms. The van der Waals surface area contributed by atoms with Gasteiger partial charge in [0.05, 0.1) is 17.8 Å². The molecule has 134 valence electrons. The van der Waals surface area contributed by atoms with Gasteiger partial charge >= 0.3 is 0 Å². The van der Waals surface area contributed by atoms with Crippen LogP contribution in [0.1, 0.15) is 34.7 Å². The van der Waals surface area contributed by atoms with Crippen molar-refractivity contribution >= 4 is 23.3 Å². The van der Waals surface area contributed by atoms with Crippen molar-refractivity contribution in [2.75, 3.05) is 36.9 Å². The Bertz CT molecular complexity index is 829. The molecular weight excluding hydrogens is 328 g/mol. The van der Waals surface area contributed by atoms with Crippen LogP contribution in [0.4, 0.5) is 11.5 Å². The van der Waals surface area contributed by atoms with E-state index in [4.69, 9.17) is 0 Å². The van der Waals surface area contributed by atoms with E-state index in [1.807, 2.05) is 11.0 Å². The number of carbonyl (C=O) groups is 2. The van der Waals surface area contributed by atoms with E-state index in [2.05, 4.69) is 34.6 Å². The fourth-order valence-corrected chi connectivity index (χ4v) is 3.70. The predicted molar refractivity (Wildman–Crippen MR) is 100 cm³/mol. The molecule has 1 saturated heterocycles. The second kappa shape index (κ2) is 6.78. The number of nitrogens with one attached hydrogen (secondary N) is 1. The van der Waals surface area contributed by atoms with Gasteiger partial charge in [0.15, 0.2) is 0 Å². The largest absolute Gasteiger partial charge is 0.359 e. The number of hydrogen-bond acceptors (Lipinski definition) is 4. The molecule has 6 nitrogen and oxygen atoms in total. The van der Waals surface area contributed by atoms with E-state index in [0.717, 1.165) is 25.9 Å². The van der Waals surface area contributed by atoms with Gasteiger partial charge in [-0.05, 0) is 30.4 Å². The maximum Gasteiger partial charge on any atom is 0.255 e. The number of pyridine rings is 1. The topological polar surface area (TPSA) is 65.5 Å². The minimum Gasteiger partial charge on any atom is -0.359 e. The van der Waals surface area contributed by atoms with E-state index in [0.29, 0.717) is 23.0 Å². The molecule has 6 heteroatoms. The first-order chi connectivity index (χ1) is 12.6. The number of benzene rings is 1. The van der Waals surface area contributed by atoms with Crippen LogP contribution in [0, 0.1) is 0 Å². The number of amides is 2. The number of nitrogens with zero attached hydrogens (tertiary/aromatic N) is 3. The molecule has 1 N–H and O–H groups in total. The highest BCUT2D eigenvalue weighted by atomic mass is 16.2. The van der Waals surface area contributed by atoms with Crippen molar-refractivity contribution in [1.82, 2.24) is 9.88 Å². The molecule has 0 bridgehead atoms.